The zero-order chi connectivity index (χ0) is 20.4. The van der Waals surface area contributed by atoms with Gasteiger partial charge in [0.25, 0.3) is 5.69 Å². The molecule has 1 aliphatic rings. The highest BCUT2D eigenvalue weighted by Crippen LogP contribution is 2.34. The van der Waals surface area contributed by atoms with E-state index in [0.29, 0.717) is 23.9 Å². The van der Waals surface area contributed by atoms with Gasteiger partial charge in [0.15, 0.2) is 0 Å². The van der Waals surface area contributed by atoms with Crippen molar-refractivity contribution in [2.24, 2.45) is 5.92 Å². The topological polar surface area (TPSA) is 99.3 Å². The van der Waals surface area contributed by atoms with Crippen molar-refractivity contribution in [3.05, 3.63) is 74.4 Å². The summed E-state index contributed by atoms with van der Waals surface area (Å²) in [5, 5.41) is 14.9. The molecule has 1 saturated carbocycles. The molecule has 8 nitrogen and oxygen atoms in total. The second-order valence-electron chi connectivity index (χ2n) is 6.79. The van der Waals surface area contributed by atoms with Gasteiger partial charge in [-0.25, -0.2) is 9.78 Å². The SMILES string of the molecule is O=C(OCC1CC1)c1cc([N+](=O)[O-])c(-n2ccnc2)cc1Nc1ccc(I)cc1. The average Bonchev–Trinajstić information content (AvgIpc) is 3.38. The van der Waals surface area contributed by atoms with Crippen molar-refractivity contribution in [3.8, 4) is 5.69 Å². The number of nitrogens with one attached hydrogen (secondary N) is 1. The number of benzene rings is 2. The highest BCUT2D eigenvalue weighted by atomic mass is 127. The molecule has 1 fully saturated rings. The lowest BCUT2D eigenvalue weighted by atomic mass is 10.1. The maximum absolute atomic E-state index is 12.7. The number of anilines is 2. The lowest BCUT2D eigenvalue weighted by Gasteiger charge is -2.15. The van der Waals surface area contributed by atoms with Crippen LogP contribution in [-0.2, 0) is 4.74 Å². The van der Waals surface area contributed by atoms with E-state index in [9.17, 15) is 14.9 Å². The van der Waals surface area contributed by atoms with Crippen molar-refractivity contribution in [1.29, 1.82) is 0 Å². The molecule has 148 valence electrons. The second-order valence-corrected chi connectivity index (χ2v) is 8.03. The number of hydrogen-bond donors (Lipinski definition) is 1. The third-order valence-electron chi connectivity index (χ3n) is 4.58. The largest absolute Gasteiger partial charge is 0.462 e. The first-order valence-electron chi connectivity index (χ1n) is 9.02. The number of hydrogen-bond acceptors (Lipinski definition) is 6. The van der Waals surface area contributed by atoms with E-state index in [1.165, 1.54) is 23.2 Å². The maximum Gasteiger partial charge on any atom is 0.340 e. The summed E-state index contributed by atoms with van der Waals surface area (Å²) in [7, 11) is 0. The maximum atomic E-state index is 12.7. The molecule has 0 unspecified atom stereocenters. The predicted octanol–water partition coefficient (Wildman–Crippen LogP) is 4.70. The lowest BCUT2D eigenvalue weighted by Crippen LogP contribution is -2.12. The number of carbonyl (C=O) groups excluding carboxylic acids is 1. The highest BCUT2D eigenvalue weighted by molar-refractivity contribution is 14.1. The van der Waals surface area contributed by atoms with Crippen molar-refractivity contribution in [2.75, 3.05) is 11.9 Å². The summed E-state index contributed by atoms with van der Waals surface area (Å²) in [4.78, 5) is 27.8. The summed E-state index contributed by atoms with van der Waals surface area (Å²) in [5.41, 5.74) is 1.42. The van der Waals surface area contributed by atoms with Crippen LogP contribution in [0.3, 0.4) is 0 Å². The van der Waals surface area contributed by atoms with Crippen LogP contribution < -0.4 is 5.32 Å². The van der Waals surface area contributed by atoms with E-state index in [0.717, 1.165) is 22.1 Å². The number of halogens is 1. The molecule has 3 aromatic rings. The normalized spacial score (nSPS) is 13.1. The Bertz CT molecular complexity index is 1050. The summed E-state index contributed by atoms with van der Waals surface area (Å²) in [6.45, 7) is 0.332. The zero-order valence-electron chi connectivity index (χ0n) is 15.2. The smallest absolute Gasteiger partial charge is 0.340 e. The van der Waals surface area contributed by atoms with Gasteiger partial charge in [-0.2, -0.15) is 0 Å². The molecule has 29 heavy (non-hydrogen) atoms. The van der Waals surface area contributed by atoms with Crippen molar-refractivity contribution in [2.45, 2.75) is 12.8 Å². The molecule has 1 aromatic heterocycles. The van der Waals surface area contributed by atoms with Crippen LogP contribution in [0, 0.1) is 19.6 Å². The Morgan fingerprint density at radius 3 is 2.69 bits per heavy atom. The standard InChI is InChI=1S/C20H17IN4O4/c21-14-3-5-15(6-4-14)23-17-10-18(24-8-7-22-12-24)19(25(27)28)9-16(17)20(26)29-11-13-1-2-13/h3-10,12-13,23H,1-2,11H2. The van der Waals surface area contributed by atoms with Crippen LogP contribution in [0.4, 0.5) is 17.1 Å². The number of esters is 1. The monoisotopic (exact) mass is 504 g/mol. The molecule has 9 heteroatoms. The second kappa shape index (κ2) is 8.19. The zero-order valence-corrected chi connectivity index (χ0v) is 17.4. The summed E-state index contributed by atoms with van der Waals surface area (Å²) < 4.78 is 8.00. The molecule has 1 N–H and O–H groups in total. The number of ether oxygens (including phenoxy) is 1. The summed E-state index contributed by atoms with van der Waals surface area (Å²) in [6, 6.07) is 10.4. The molecule has 0 atom stereocenters. The van der Waals surface area contributed by atoms with Crippen molar-refractivity contribution < 1.29 is 14.5 Å². The molecular formula is C20H17IN4O4. The molecular weight excluding hydrogens is 487 g/mol. The third kappa shape index (κ3) is 4.56. The number of nitro groups is 1. The Morgan fingerprint density at radius 2 is 2.07 bits per heavy atom. The van der Waals surface area contributed by atoms with Crippen LogP contribution in [0.15, 0.2) is 55.1 Å². The van der Waals surface area contributed by atoms with Gasteiger partial charge in [0, 0.05) is 27.7 Å². The van der Waals surface area contributed by atoms with Crippen LogP contribution in [-0.4, -0.2) is 27.1 Å². The Balaban J connectivity index is 1.77. The number of nitrogens with zero attached hydrogens (tertiary/aromatic N) is 3. The average molecular weight is 504 g/mol. The van der Waals surface area contributed by atoms with Crippen molar-refractivity contribution in [3.63, 3.8) is 0 Å². The molecule has 1 aliphatic carbocycles. The number of carbonyl (C=O) groups is 1. The number of rotatable bonds is 7. The predicted molar refractivity (Wildman–Crippen MR) is 116 cm³/mol. The fourth-order valence-electron chi connectivity index (χ4n) is 2.85. The van der Waals surface area contributed by atoms with Crippen LogP contribution in [0.1, 0.15) is 23.2 Å². The van der Waals surface area contributed by atoms with Gasteiger partial charge in [-0.05, 0) is 71.7 Å². The van der Waals surface area contributed by atoms with Crippen molar-refractivity contribution >= 4 is 45.6 Å². The molecule has 0 amide bonds. The number of nitro benzene ring substituents is 1. The van der Waals surface area contributed by atoms with Gasteiger partial charge in [0.1, 0.15) is 5.69 Å². The minimum Gasteiger partial charge on any atom is -0.462 e. The van der Waals surface area contributed by atoms with Gasteiger partial charge >= 0.3 is 5.97 Å². The Kier molecular flexibility index (Phi) is 5.47. The Labute approximate surface area is 180 Å². The molecule has 0 spiro atoms. The summed E-state index contributed by atoms with van der Waals surface area (Å²) in [5.74, 6) is -0.183. The molecule has 0 aliphatic heterocycles. The first-order valence-corrected chi connectivity index (χ1v) is 10.1. The van der Waals surface area contributed by atoms with Crippen LogP contribution in [0.25, 0.3) is 5.69 Å². The highest BCUT2D eigenvalue weighted by Gasteiger charge is 2.27. The molecule has 0 saturated heterocycles. The first kappa shape index (κ1) is 19.4. The van der Waals surface area contributed by atoms with Gasteiger partial charge < -0.3 is 14.6 Å². The van der Waals surface area contributed by atoms with Crippen LogP contribution in [0.2, 0.25) is 0 Å². The van der Waals surface area contributed by atoms with Gasteiger partial charge in [-0.1, -0.05) is 0 Å². The van der Waals surface area contributed by atoms with E-state index >= 15 is 0 Å². The fourth-order valence-corrected chi connectivity index (χ4v) is 3.21. The molecule has 2 aromatic carbocycles. The summed E-state index contributed by atoms with van der Waals surface area (Å²) >= 11 is 2.20. The molecule has 1 heterocycles. The minimum absolute atomic E-state index is 0.125. The van der Waals surface area contributed by atoms with Crippen LogP contribution in [0.5, 0.6) is 0 Å². The van der Waals surface area contributed by atoms with Gasteiger partial charge in [0.05, 0.1) is 29.1 Å². The Morgan fingerprint density at radius 1 is 1.31 bits per heavy atom. The quantitative estimate of drug-likeness (QED) is 0.217. The van der Waals surface area contributed by atoms with Gasteiger partial charge in [-0.15, -0.1) is 0 Å². The molecule has 0 bridgehead atoms. The number of aromatic nitrogens is 2. The number of imidazole rings is 1. The first-order chi connectivity index (χ1) is 14.0. The van der Waals surface area contributed by atoms with E-state index < -0.39 is 10.9 Å². The van der Waals surface area contributed by atoms with E-state index in [1.807, 2.05) is 24.3 Å². The van der Waals surface area contributed by atoms with Crippen LogP contribution >= 0.6 is 22.6 Å². The molecule has 4 rings (SSSR count). The molecule has 0 radical (unpaired) electrons. The summed E-state index contributed by atoms with van der Waals surface area (Å²) in [6.07, 6.45) is 6.71. The third-order valence-corrected chi connectivity index (χ3v) is 5.30. The van der Waals surface area contributed by atoms with E-state index in [2.05, 4.69) is 32.9 Å². The minimum atomic E-state index is -0.579. The van der Waals surface area contributed by atoms with Gasteiger partial charge in [-0.3, -0.25) is 10.1 Å². The Hall–Kier alpha value is -2.95. The van der Waals surface area contributed by atoms with E-state index in [1.54, 1.807) is 12.3 Å². The van der Waals surface area contributed by atoms with E-state index in [4.69, 9.17) is 4.74 Å². The van der Waals surface area contributed by atoms with Gasteiger partial charge in [0.2, 0.25) is 0 Å². The van der Waals surface area contributed by atoms with E-state index in [-0.39, 0.29) is 11.3 Å². The van der Waals surface area contributed by atoms with Crippen molar-refractivity contribution in [1.82, 2.24) is 9.55 Å². The lowest BCUT2D eigenvalue weighted by molar-refractivity contribution is -0.384. The fraction of sp³-hybridized carbons (Fsp3) is 0.200.